The molecular weight excluding hydrogens is 501 g/mol. The number of rotatable bonds is 8. The Balaban J connectivity index is 1.40. The van der Waals surface area contributed by atoms with Crippen molar-refractivity contribution in [3.63, 3.8) is 0 Å². The summed E-state index contributed by atoms with van der Waals surface area (Å²) in [6.07, 6.45) is 1.35. The van der Waals surface area contributed by atoms with Crippen LogP contribution in [0.25, 0.3) is 11.4 Å². The van der Waals surface area contributed by atoms with Crippen molar-refractivity contribution in [2.45, 2.75) is 38.2 Å². The predicted molar refractivity (Wildman–Crippen MR) is 133 cm³/mol. The summed E-state index contributed by atoms with van der Waals surface area (Å²) in [7, 11) is 0. The minimum Gasteiger partial charge on any atom is -0.382 e. The summed E-state index contributed by atoms with van der Waals surface area (Å²) in [6.45, 7) is 2.64. The second-order valence-electron chi connectivity index (χ2n) is 9.33. The molecule has 38 heavy (non-hydrogen) atoms. The van der Waals surface area contributed by atoms with E-state index in [0.29, 0.717) is 5.56 Å². The lowest BCUT2D eigenvalue weighted by Gasteiger charge is -2.36. The Kier molecular flexibility index (Phi) is 7.79. The number of carbonyl (C=O) groups is 2. The molecular formula is C26H28F3N6O3+. The monoisotopic (exact) mass is 529 g/mol. The van der Waals surface area contributed by atoms with E-state index in [9.17, 15) is 14.0 Å². The van der Waals surface area contributed by atoms with Crippen LogP contribution in [0, 0.1) is 5.82 Å². The fraction of sp³-hybridized carbons (Fsp3) is 0.346. The molecule has 0 radical (unpaired) electrons. The number of nitrogens with zero attached hydrogens (tertiary/aromatic N) is 3. The van der Waals surface area contributed by atoms with Crippen LogP contribution in [0.2, 0.25) is 0 Å². The van der Waals surface area contributed by atoms with Gasteiger partial charge in [-0.15, -0.1) is 0 Å². The van der Waals surface area contributed by atoms with E-state index in [1.807, 2.05) is 13.8 Å². The Morgan fingerprint density at radius 1 is 1.24 bits per heavy atom. The van der Waals surface area contributed by atoms with Gasteiger partial charge in [-0.3, -0.25) is 15.0 Å². The number of halogens is 3. The number of anilines is 1. The van der Waals surface area contributed by atoms with E-state index in [-0.39, 0.29) is 36.3 Å². The van der Waals surface area contributed by atoms with Gasteiger partial charge in [0.2, 0.25) is 17.6 Å². The van der Waals surface area contributed by atoms with Gasteiger partial charge < -0.3 is 20.1 Å². The summed E-state index contributed by atoms with van der Waals surface area (Å²) in [4.78, 5) is 29.9. The quantitative estimate of drug-likeness (QED) is 0.385. The zero-order valence-electron chi connectivity index (χ0n) is 20.9. The van der Waals surface area contributed by atoms with Crippen molar-refractivity contribution in [1.29, 1.82) is 0 Å². The third kappa shape index (κ3) is 6.01. The van der Waals surface area contributed by atoms with E-state index in [0.717, 1.165) is 28.3 Å². The molecule has 1 unspecified atom stereocenters. The Hall–Kier alpha value is -4.22. The van der Waals surface area contributed by atoms with Gasteiger partial charge in [0.15, 0.2) is 6.21 Å². The molecule has 1 saturated heterocycles. The molecule has 4 rings (SSSR count). The minimum atomic E-state index is -3.33. The molecule has 1 fully saturated rings. The Bertz CT molecular complexity index is 1330. The van der Waals surface area contributed by atoms with Gasteiger partial charge >= 0.3 is 0 Å². The van der Waals surface area contributed by atoms with Crippen LogP contribution in [0.15, 0.2) is 47.0 Å². The summed E-state index contributed by atoms with van der Waals surface area (Å²) in [5.74, 6) is -6.53. The van der Waals surface area contributed by atoms with Gasteiger partial charge in [-0.2, -0.15) is 4.98 Å². The maximum absolute atomic E-state index is 15.1. The molecule has 4 N–H and O–H groups in total. The molecule has 1 atom stereocenters. The maximum atomic E-state index is 15.1. The molecule has 3 aromatic rings. The molecule has 9 nitrogen and oxygen atoms in total. The number of hydrogen-bond donors (Lipinski definition) is 3. The van der Waals surface area contributed by atoms with Crippen molar-refractivity contribution < 1.29 is 32.7 Å². The first-order valence-corrected chi connectivity index (χ1v) is 12.1. The normalized spacial score (nSPS) is 16.8. The summed E-state index contributed by atoms with van der Waals surface area (Å²) in [5.41, 5.74) is 2.23. The first kappa shape index (κ1) is 26.8. The molecule has 0 spiro atoms. The zero-order chi connectivity index (χ0) is 27.4. The fourth-order valence-electron chi connectivity index (χ4n) is 4.20. The highest BCUT2D eigenvalue weighted by Gasteiger charge is 2.49. The Morgan fingerprint density at radius 2 is 1.97 bits per heavy atom. The van der Waals surface area contributed by atoms with Gasteiger partial charge in [0, 0.05) is 29.4 Å². The fourth-order valence-corrected chi connectivity index (χ4v) is 4.20. The number of alkyl halides is 2. The molecule has 1 aromatic heterocycles. The summed E-state index contributed by atoms with van der Waals surface area (Å²) in [5, 5.41) is 15.2. The van der Waals surface area contributed by atoms with Crippen LogP contribution in [0.1, 0.15) is 48.0 Å². The number of nitrogens with two attached hydrogens (primary N) is 1. The number of hydrogen-bond acceptors (Lipinski definition) is 6. The highest BCUT2D eigenvalue weighted by atomic mass is 19.3. The highest BCUT2D eigenvalue weighted by molar-refractivity contribution is 5.96. The lowest BCUT2D eigenvalue weighted by atomic mass is 9.92. The summed E-state index contributed by atoms with van der Waals surface area (Å²) < 4.78 is 48.5. The molecule has 0 saturated carbocycles. The average molecular weight is 530 g/mol. The van der Waals surface area contributed by atoms with Gasteiger partial charge in [-0.05, 0) is 56.7 Å². The van der Waals surface area contributed by atoms with Crippen LogP contribution in [0.5, 0.6) is 0 Å². The third-order valence-corrected chi connectivity index (χ3v) is 6.13. The number of benzene rings is 2. The number of likely N-dealkylation sites (tertiary alicyclic amines) is 1. The lowest BCUT2D eigenvalue weighted by Crippen LogP contribution is -2.52. The molecule has 2 amide bonds. The lowest BCUT2D eigenvalue weighted by molar-refractivity contribution is -0.144. The molecule has 0 bridgehead atoms. The predicted octanol–water partition coefficient (Wildman–Crippen LogP) is 2.26. The molecule has 1 aliphatic rings. The smallest absolute Gasteiger partial charge is 0.276 e. The topological polar surface area (TPSA) is 126 Å². The number of carbonyl (C=O) groups excluding carboxylic acids is 2. The Morgan fingerprint density at radius 3 is 2.63 bits per heavy atom. The zero-order valence-corrected chi connectivity index (χ0v) is 20.9. The van der Waals surface area contributed by atoms with Gasteiger partial charge in [-0.1, -0.05) is 11.2 Å². The standard InChI is InChI=1S/C26H27F3N6O3/c1-15(2)32-21-11-17(3-4-18(21)12-30)23-33-25(38-34-23)20-9-10-35(14-26(20,28)29)22(36)13-31-24(37)16-5-7-19(27)8-6-16/h3-8,11-12,15,20,30,32H,9-10,13-14H2,1-2H3,(H,31,37)/p+1. The van der Waals surface area contributed by atoms with Crippen molar-refractivity contribution in [2.24, 2.45) is 0 Å². The number of amides is 2. The molecule has 12 heteroatoms. The van der Waals surface area contributed by atoms with Crippen molar-refractivity contribution >= 4 is 23.7 Å². The SMILES string of the molecule is CC(C)Nc1cc(-c2noc(C3CCN(C(=O)CNC(=O)c4ccc(F)cc4)CC3(F)F)n2)ccc1C=[NH2+]. The van der Waals surface area contributed by atoms with E-state index in [2.05, 4.69) is 20.8 Å². The maximum Gasteiger partial charge on any atom is 0.276 e. The van der Waals surface area contributed by atoms with Gasteiger partial charge in [0.1, 0.15) is 11.7 Å². The van der Waals surface area contributed by atoms with Gasteiger partial charge in [-0.25, -0.2) is 13.2 Å². The first-order chi connectivity index (χ1) is 18.1. The average Bonchev–Trinajstić information content (AvgIpc) is 3.36. The van der Waals surface area contributed by atoms with Gasteiger partial charge in [0.25, 0.3) is 11.8 Å². The van der Waals surface area contributed by atoms with E-state index in [1.54, 1.807) is 18.2 Å². The van der Waals surface area contributed by atoms with Crippen molar-refractivity contribution in [2.75, 3.05) is 25.0 Å². The van der Waals surface area contributed by atoms with Crippen molar-refractivity contribution in [1.82, 2.24) is 20.4 Å². The van der Waals surface area contributed by atoms with Crippen LogP contribution < -0.4 is 16.0 Å². The van der Waals surface area contributed by atoms with Gasteiger partial charge in [0.05, 0.1) is 18.7 Å². The molecule has 0 aliphatic carbocycles. The highest BCUT2D eigenvalue weighted by Crippen LogP contribution is 2.40. The van der Waals surface area contributed by atoms with E-state index >= 15 is 8.78 Å². The molecule has 2 aromatic carbocycles. The second-order valence-corrected chi connectivity index (χ2v) is 9.33. The minimum absolute atomic E-state index is 0.0205. The van der Waals surface area contributed by atoms with Crippen molar-refractivity contribution in [3.05, 3.63) is 65.3 Å². The van der Waals surface area contributed by atoms with E-state index in [4.69, 9.17) is 9.93 Å². The third-order valence-electron chi connectivity index (χ3n) is 6.13. The van der Waals surface area contributed by atoms with Crippen LogP contribution in [-0.2, 0) is 4.79 Å². The molecule has 2 heterocycles. The molecule has 200 valence electrons. The van der Waals surface area contributed by atoms with E-state index < -0.39 is 42.6 Å². The Labute approximate surface area is 216 Å². The van der Waals surface area contributed by atoms with Crippen LogP contribution in [0.4, 0.5) is 18.9 Å². The number of aromatic nitrogens is 2. The molecule has 1 aliphatic heterocycles. The summed E-state index contributed by atoms with van der Waals surface area (Å²) in [6, 6.07) is 10.1. The van der Waals surface area contributed by atoms with Crippen molar-refractivity contribution in [3.8, 4) is 11.4 Å². The first-order valence-electron chi connectivity index (χ1n) is 12.1. The van der Waals surface area contributed by atoms with Crippen LogP contribution in [-0.4, -0.2) is 64.7 Å². The van der Waals surface area contributed by atoms with Crippen LogP contribution in [0.3, 0.4) is 0 Å². The van der Waals surface area contributed by atoms with Crippen LogP contribution >= 0.6 is 0 Å². The number of piperidine rings is 1. The summed E-state index contributed by atoms with van der Waals surface area (Å²) >= 11 is 0. The second kappa shape index (κ2) is 11.0. The largest absolute Gasteiger partial charge is 0.382 e. The van der Waals surface area contributed by atoms with E-state index in [1.165, 1.54) is 18.3 Å². The number of nitrogens with one attached hydrogen (secondary N) is 2.